The zero-order valence-corrected chi connectivity index (χ0v) is 17.8. The lowest BCUT2D eigenvalue weighted by Crippen LogP contribution is -2.49. The number of aryl methyl sites for hydroxylation is 2. The summed E-state index contributed by atoms with van der Waals surface area (Å²) in [6, 6.07) is 3.13. The van der Waals surface area contributed by atoms with Crippen LogP contribution in [0.2, 0.25) is 0 Å². The molecule has 2 amide bonds. The van der Waals surface area contributed by atoms with Gasteiger partial charge in [0.25, 0.3) is 5.91 Å². The van der Waals surface area contributed by atoms with Gasteiger partial charge in [0.1, 0.15) is 29.6 Å². The Bertz CT molecular complexity index is 1030. The van der Waals surface area contributed by atoms with Gasteiger partial charge in [0.15, 0.2) is 0 Å². The Morgan fingerprint density at radius 1 is 1.16 bits per heavy atom. The average Bonchev–Trinajstić information content (AvgIpc) is 3.14. The Hall–Kier alpha value is -3.27. The number of aromatic nitrogens is 1. The van der Waals surface area contributed by atoms with Crippen LogP contribution in [-0.4, -0.2) is 72.4 Å². The SMILES string of the molecule is Cc1cnc(N2CCN(C(=O)c3c(F)cc(N4C(=O)OC[C@H]4CO)cc3F)CC2)c(C)c1. The van der Waals surface area contributed by atoms with Gasteiger partial charge in [-0.15, -0.1) is 0 Å². The third kappa shape index (κ3) is 3.97. The molecule has 1 aromatic heterocycles. The van der Waals surface area contributed by atoms with E-state index in [1.54, 1.807) is 6.20 Å². The van der Waals surface area contributed by atoms with Crippen molar-refractivity contribution in [3.05, 3.63) is 52.7 Å². The van der Waals surface area contributed by atoms with Crippen molar-refractivity contribution in [1.82, 2.24) is 9.88 Å². The zero-order chi connectivity index (χ0) is 23.0. The minimum Gasteiger partial charge on any atom is -0.447 e. The van der Waals surface area contributed by atoms with Gasteiger partial charge in [-0.3, -0.25) is 9.69 Å². The van der Waals surface area contributed by atoms with Crippen LogP contribution in [0.4, 0.5) is 25.1 Å². The van der Waals surface area contributed by atoms with Crippen LogP contribution in [0.25, 0.3) is 0 Å². The molecule has 4 rings (SSSR count). The van der Waals surface area contributed by atoms with Gasteiger partial charge >= 0.3 is 6.09 Å². The average molecular weight is 446 g/mol. The molecule has 170 valence electrons. The van der Waals surface area contributed by atoms with Gasteiger partial charge in [0.2, 0.25) is 0 Å². The van der Waals surface area contributed by atoms with Crippen LogP contribution in [0, 0.1) is 25.5 Å². The quantitative estimate of drug-likeness (QED) is 0.776. The molecule has 1 aromatic carbocycles. The van der Waals surface area contributed by atoms with Crippen LogP contribution in [0.5, 0.6) is 0 Å². The van der Waals surface area contributed by atoms with E-state index in [1.165, 1.54) is 4.90 Å². The van der Waals surface area contributed by atoms with E-state index in [9.17, 15) is 23.5 Å². The van der Waals surface area contributed by atoms with Gasteiger partial charge in [0.05, 0.1) is 18.3 Å². The van der Waals surface area contributed by atoms with Crippen molar-refractivity contribution in [2.24, 2.45) is 0 Å². The molecule has 0 spiro atoms. The van der Waals surface area contributed by atoms with E-state index in [2.05, 4.69) is 4.98 Å². The number of aliphatic hydroxyl groups is 1. The first kappa shape index (κ1) is 21.9. The van der Waals surface area contributed by atoms with E-state index >= 15 is 0 Å². The lowest BCUT2D eigenvalue weighted by molar-refractivity contribution is 0.0736. The van der Waals surface area contributed by atoms with Gasteiger partial charge in [-0.1, -0.05) is 6.07 Å². The molecular weight excluding hydrogens is 422 g/mol. The minimum absolute atomic E-state index is 0.0845. The van der Waals surface area contributed by atoms with E-state index < -0.39 is 41.8 Å². The molecular formula is C22H24F2N4O4. The number of hydrogen-bond donors (Lipinski definition) is 1. The highest BCUT2D eigenvalue weighted by Gasteiger charge is 2.36. The van der Waals surface area contributed by atoms with Crippen molar-refractivity contribution in [1.29, 1.82) is 0 Å². The molecule has 2 aromatic rings. The fourth-order valence-corrected chi connectivity index (χ4v) is 4.13. The van der Waals surface area contributed by atoms with Gasteiger partial charge in [-0.2, -0.15) is 0 Å². The zero-order valence-electron chi connectivity index (χ0n) is 17.8. The molecule has 0 saturated carbocycles. The Kier molecular flexibility index (Phi) is 5.96. The molecule has 0 aliphatic carbocycles. The van der Waals surface area contributed by atoms with Crippen LogP contribution in [0.1, 0.15) is 21.5 Å². The monoisotopic (exact) mass is 446 g/mol. The fourth-order valence-electron chi connectivity index (χ4n) is 4.13. The summed E-state index contributed by atoms with van der Waals surface area (Å²) in [5, 5.41) is 9.37. The minimum atomic E-state index is -1.07. The van der Waals surface area contributed by atoms with Crippen LogP contribution >= 0.6 is 0 Å². The van der Waals surface area contributed by atoms with Crippen molar-refractivity contribution in [2.45, 2.75) is 19.9 Å². The summed E-state index contributed by atoms with van der Waals surface area (Å²) in [4.78, 5) is 33.7. The molecule has 2 fully saturated rings. The maximum Gasteiger partial charge on any atom is 0.414 e. The Morgan fingerprint density at radius 3 is 2.41 bits per heavy atom. The third-order valence-corrected chi connectivity index (χ3v) is 5.74. The van der Waals surface area contributed by atoms with E-state index in [1.807, 2.05) is 24.8 Å². The lowest BCUT2D eigenvalue weighted by atomic mass is 10.1. The normalized spacial score (nSPS) is 18.8. The van der Waals surface area contributed by atoms with Gasteiger partial charge < -0.3 is 19.6 Å². The first-order chi connectivity index (χ1) is 15.3. The topological polar surface area (TPSA) is 86.2 Å². The summed E-state index contributed by atoms with van der Waals surface area (Å²) in [7, 11) is 0. The molecule has 10 heteroatoms. The van der Waals surface area contributed by atoms with E-state index in [0.717, 1.165) is 34.0 Å². The van der Waals surface area contributed by atoms with E-state index in [4.69, 9.17) is 4.74 Å². The smallest absolute Gasteiger partial charge is 0.414 e. The number of carbonyl (C=O) groups is 2. The molecule has 0 unspecified atom stereocenters. The predicted molar refractivity (Wildman–Crippen MR) is 113 cm³/mol. The summed E-state index contributed by atoms with van der Waals surface area (Å²) in [5.74, 6) is -2.05. The van der Waals surface area contributed by atoms with Crippen molar-refractivity contribution in [3.8, 4) is 0 Å². The molecule has 1 atom stereocenters. The summed E-state index contributed by atoms with van der Waals surface area (Å²) in [5.41, 5.74) is 1.31. The number of aliphatic hydroxyl groups excluding tert-OH is 1. The second-order valence-electron chi connectivity index (χ2n) is 8.00. The summed E-state index contributed by atoms with van der Waals surface area (Å²) < 4.78 is 34.5. The number of carbonyl (C=O) groups excluding carboxylic acids is 2. The van der Waals surface area contributed by atoms with E-state index in [-0.39, 0.29) is 12.3 Å². The number of rotatable bonds is 4. The highest BCUT2D eigenvalue weighted by molar-refractivity contribution is 5.96. The van der Waals surface area contributed by atoms with Crippen LogP contribution < -0.4 is 9.80 Å². The first-order valence-electron chi connectivity index (χ1n) is 10.3. The molecule has 0 bridgehead atoms. The Morgan fingerprint density at radius 2 is 1.81 bits per heavy atom. The van der Waals surface area contributed by atoms with Crippen molar-refractivity contribution in [3.63, 3.8) is 0 Å². The van der Waals surface area contributed by atoms with Gasteiger partial charge in [-0.25, -0.2) is 18.6 Å². The number of piperazine rings is 1. The molecule has 3 heterocycles. The fraction of sp³-hybridized carbons (Fsp3) is 0.409. The summed E-state index contributed by atoms with van der Waals surface area (Å²) in [6.07, 6.45) is 0.974. The maximum absolute atomic E-state index is 14.8. The number of pyridine rings is 1. The number of nitrogens with zero attached hydrogens (tertiary/aromatic N) is 4. The number of halogens is 2. The summed E-state index contributed by atoms with van der Waals surface area (Å²) >= 11 is 0. The number of cyclic esters (lactones) is 1. The number of ether oxygens (including phenoxy) is 1. The lowest BCUT2D eigenvalue weighted by Gasteiger charge is -2.36. The first-order valence-corrected chi connectivity index (χ1v) is 10.3. The molecule has 2 aliphatic rings. The molecule has 2 aliphatic heterocycles. The number of anilines is 2. The largest absolute Gasteiger partial charge is 0.447 e. The third-order valence-electron chi connectivity index (χ3n) is 5.74. The van der Waals surface area contributed by atoms with Crippen molar-refractivity contribution < 1.29 is 28.2 Å². The molecule has 32 heavy (non-hydrogen) atoms. The molecule has 2 saturated heterocycles. The molecule has 8 nitrogen and oxygen atoms in total. The van der Waals surface area contributed by atoms with Crippen LogP contribution in [0.15, 0.2) is 24.4 Å². The highest BCUT2D eigenvalue weighted by atomic mass is 19.1. The standard InChI is InChI=1S/C22H24F2N4O4/c1-13-7-14(2)20(25-10-13)26-3-5-27(6-4-26)21(30)19-17(23)8-15(9-18(19)24)28-16(11-29)12-32-22(28)31/h7-10,16,29H,3-6,11-12H2,1-2H3/t16-/m1/s1. The second kappa shape index (κ2) is 8.70. The molecule has 0 radical (unpaired) electrons. The van der Waals surface area contributed by atoms with Crippen LogP contribution in [0.3, 0.4) is 0 Å². The van der Waals surface area contributed by atoms with Gasteiger partial charge in [-0.05, 0) is 37.1 Å². The van der Waals surface area contributed by atoms with Crippen LogP contribution in [-0.2, 0) is 4.74 Å². The number of benzene rings is 1. The second-order valence-corrected chi connectivity index (χ2v) is 8.00. The Labute approximate surface area is 184 Å². The van der Waals surface area contributed by atoms with E-state index in [0.29, 0.717) is 26.2 Å². The Balaban J connectivity index is 1.50. The van der Waals surface area contributed by atoms with Crippen molar-refractivity contribution >= 4 is 23.5 Å². The predicted octanol–water partition coefficient (Wildman–Crippen LogP) is 2.26. The van der Waals surface area contributed by atoms with Gasteiger partial charge in [0, 0.05) is 32.4 Å². The number of amides is 2. The number of hydrogen-bond acceptors (Lipinski definition) is 6. The highest BCUT2D eigenvalue weighted by Crippen LogP contribution is 2.28. The van der Waals surface area contributed by atoms with Crippen molar-refractivity contribution in [2.75, 3.05) is 49.2 Å². The molecule has 1 N–H and O–H groups in total. The maximum atomic E-state index is 14.8. The summed E-state index contributed by atoms with van der Waals surface area (Å²) in [6.45, 7) is 4.98.